The quantitative estimate of drug-likeness (QED) is 0.541. The van der Waals surface area contributed by atoms with E-state index in [1.807, 2.05) is 6.92 Å². The summed E-state index contributed by atoms with van der Waals surface area (Å²) >= 11 is 0. The molecule has 1 fully saturated rings. The number of carbonyl (C=O) groups is 4. The number of hydrogen-bond donors (Lipinski definition) is 0. The van der Waals surface area contributed by atoms with Crippen molar-refractivity contribution in [2.45, 2.75) is 46.1 Å². The number of imide groups is 1. The number of fused-ring (bicyclic) bond motifs is 1. The fraction of sp³-hybridized carbons (Fsp3) is 0.545. The van der Waals surface area contributed by atoms with E-state index in [1.54, 1.807) is 36.1 Å². The van der Waals surface area contributed by atoms with Gasteiger partial charge < -0.3 is 9.64 Å². The number of benzene rings is 1. The zero-order valence-electron chi connectivity index (χ0n) is 17.2. The van der Waals surface area contributed by atoms with Crippen LogP contribution >= 0.6 is 0 Å². The number of esters is 1. The smallest absolute Gasteiger partial charge is 0.330 e. The molecule has 2 atom stereocenters. The van der Waals surface area contributed by atoms with Crippen molar-refractivity contribution in [2.24, 2.45) is 11.8 Å². The van der Waals surface area contributed by atoms with Crippen molar-refractivity contribution >= 4 is 23.7 Å². The maximum absolute atomic E-state index is 12.9. The molecule has 156 valence electrons. The number of hydrogen-bond acceptors (Lipinski definition) is 5. The van der Waals surface area contributed by atoms with Crippen LogP contribution in [-0.4, -0.2) is 59.2 Å². The molecule has 0 aliphatic carbocycles. The molecule has 0 saturated carbocycles. The average Bonchev–Trinajstić information content (AvgIpc) is 2.98. The first-order chi connectivity index (χ1) is 13.8. The summed E-state index contributed by atoms with van der Waals surface area (Å²) in [6, 6.07) is 5.47. The van der Waals surface area contributed by atoms with Gasteiger partial charge in [0.2, 0.25) is 0 Å². The van der Waals surface area contributed by atoms with Crippen LogP contribution in [0.3, 0.4) is 0 Å². The predicted molar refractivity (Wildman–Crippen MR) is 106 cm³/mol. The lowest BCUT2D eigenvalue weighted by atomic mass is 9.97. The minimum absolute atomic E-state index is 0.240. The van der Waals surface area contributed by atoms with Crippen LogP contribution in [0.15, 0.2) is 24.3 Å². The van der Waals surface area contributed by atoms with Gasteiger partial charge in [0.25, 0.3) is 17.7 Å². The first kappa shape index (κ1) is 21.0. The van der Waals surface area contributed by atoms with Gasteiger partial charge in [0.15, 0.2) is 6.61 Å². The Hall–Kier alpha value is -2.70. The Kier molecular flexibility index (Phi) is 6.35. The predicted octanol–water partition coefficient (Wildman–Crippen LogP) is 2.50. The molecule has 2 aliphatic rings. The van der Waals surface area contributed by atoms with Crippen molar-refractivity contribution < 1.29 is 23.9 Å². The average molecular weight is 400 g/mol. The minimum atomic E-state index is -1.05. The highest BCUT2D eigenvalue weighted by Crippen LogP contribution is 2.28. The highest BCUT2D eigenvalue weighted by molar-refractivity contribution is 6.22. The fourth-order valence-corrected chi connectivity index (χ4v) is 3.84. The van der Waals surface area contributed by atoms with Gasteiger partial charge in [-0.05, 0) is 36.8 Å². The summed E-state index contributed by atoms with van der Waals surface area (Å²) in [5, 5.41) is 0. The van der Waals surface area contributed by atoms with Crippen molar-refractivity contribution in [3.8, 4) is 0 Å². The van der Waals surface area contributed by atoms with E-state index in [4.69, 9.17) is 4.74 Å². The number of piperidine rings is 1. The molecule has 0 aromatic heterocycles. The van der Waals surface area contributed by atoms with Gasteiger partial charge >= 0.3 is 5.97 Å². The Morgan fingerprint density at radius 1 is 1.10 bits per heavy atom. The molecule has 3 amide bonds. The highest BCUT2D eigenvalue weighted by atomic mass is 16.5. The molecule has 3 rings (SSSR count). The van der Waals surface area contributed by atoms with Gasteiger partial charge in [-0.2, -0.15) is 0 Å². The molecule has 2 heterocycles. The number of rotatable bonds is 6. The third-order valence-electron chi connectivity index (χ3n) is 6.00. The summed E-state index contributed by atoms with van der Waals surface area (Å²) < 4.78 is 5.30. The normalized spacial score (nSPS) is 19.1. The monoisotopic (exact) mass is 400 g/mol. The SMILES string of the molecule is CCC(C)C(C(=O)OCC(=O)N1CCC(C)CC1)N1C(=O)c2ccccc2C1=O. The van der Waals surface area contributed by atoms with Crippen molar-refractivity contribution in [1.82, 2.24) is 9.80 Å². The van der Waals surface area contributed by atoms with Crippen LogP contribution in [0.25, 0.3) is 0 Å². The molecule has 2 aliphatic heterocycles. The van der Waals surface area contributed by atoms with E-state index in [0.29, 0.717) is 25.4 Å². The largest absolute Gasteiger partial charge is 0.454 e. The molecule has 7 heteroatoms. The third kappa shape index (κ3) is 4.18. The lowest BCUT2D eigenvalue weighted by Gasteiger charge is -2.31. The second-order valence-electron chi connectivity index (χ2n) is 8.03. The number of ether oxygens (including phenoxy) is 1. The molecular weight excluding hydrogens is 372 g/mol. The van der Waals surface area contributed by atoms with E-state index < -0.39 is 23.8 Å². The zero-order valence-corrected chi connectivity index (χ0v) is 17.2. The lowest BCUT2D eigenvalue weighted by Crippen LogP contribution is -2.50. The number of carbonyl (C=O) groups excluding carboxylic acids is 4. The first-order valence-electron chi connectivity index (χ1n) is 10.3. The van der Waals surface area contributed by atoms with E-state index in [-0.39, 0.29) is 29.6 Å². The lowest BCUT2D eigenvalue weighted by molar-refractivity contribution is -0.157. The highest BCUT2D eigenvalue weighted by Gasteiger charge is 2.45. The van der Waals surface area contributed by atoms with Crippen molar-refractivity contribution in [3.05, 3.63) is 35.4 Å². The molecule has 7 nitrogen and oxygen atoms in total. The molecule has 0 bridgehead atoms. The second-order valence-corrected chi connectivity index (χ2v) is 8.03. The Morgan fingerprint density at radius 2 is 1.66 bits per heavy atom. The molecule has 29 heavy (non-hydrogen) atoms. The Balaban J connectivity index is 1.71. The summed E-state index contributed by atoms with van der Waals surface area (Å²) in [5.41, 5.74) is 0.578. The van der Waals surface area contributed by atoms with Gasteiger partial charge in [0.1, 0.15) is 6.04 Å². The summed E-state index contributed by atoms with van der Waals surface area (Å²) in [4.78, 5) is 53.6. The van der Waals surface area contributed by atoms with E-state index in [9.17, 15) is 19.2 Å². The van der Waals surface area contributed by atoms with Crippen LogP contribution < -0.4 is 0 Å². The standard InChI is InChI=1S/C22H28N2O5/c1-4-15(3)19(24-20(26)16-7-5-6-8-17(16)21(24)27)22(28)29-13-18(25)23-11-9-14(2)10-12-23/h5-8,14-15,19H,4,9-13H2,1-3H3. The Bertz CT molecular complexity index is 778. The molecule has 0 N–H and O–H groups in total. The summed E-state index contributed by atoms with van der Waals surface area (Å²) in [6.07, 6.45) is 2.44. The van der Waals surface area contributed by atoms with Crippen LogP contribution in [0.2, 0.25) is 0 Å². The van der Waals surface area contributed by atoms with Crippen LogP contribution in [-0.2, 0) is 14.3 Å². The second kappa shape index (κ2) is 8.76. The number of nitrogens with zero attached hydrogens (tertiary/aromatic N) is 2. The van der Waals surface area contributed by atoms with Crippen LogP contribution in [0.4, 0.5) is 0 Å². The summed E-state index contributed by atoms with van der Waals surface area (Å²) in [7, 11) is 0. The van der Waals surface area contributed by atoms with Gasteiger partial charge in [-0.15, -0.1) is 0 Å². The first-order valence-corrected chi connectivity index (χ1v) is 10.3. The van der Waals surface area contributed by atoms with Gasteiger partial charge in [-0.1, -0.05) is 39.3 Å². The van der Waals surface area contributed by atoms with Crippen molar-refractivity contribution in [1.29, 1.82) is 0 Å². The van der Waals surface area contributed by atoms with E-state index in [2.05, 4.69) is 6.92 Å². The topological polar surface area (TPSA) is 84.0 Å². The zero-order chi connectivity index (χ0) is 21.1. The van der Waals surface area contributed by atoms with Crippen LogP contribution in [0.5, 0.6) is 0 Å². The van der Waals surface area contributed by atoms with Gasteiger partial charge in [-0.3, -0.25) is 19.3 Å². The molecule has 0 radical (unpaired) electrons. The fourth-order valence-electron chi connectivity index (χ4n) is 3.84. The van der Waals surface area contributed by atoms with E-state index in [1.165, 1.54) is 0 Å². The third-order valence-corrected chi connectivity index (χ3v) is 6.00. The van der Waals surface area contributed by atoms with Crippen LogP contribution in [0, 0.1) is 11.8 Å². The maximum atomic E-state index is 12.9. The van der Waals surface area contributed by atoms with E-state index in [0.717, 1.165) is 17.7 Å². The molecule has 2 unspecified atom stereocenters. The van der Waals surface area contributed by atoms with Gasteiger partial charge in [0, 0.05) is 13.1 Å². The number of amides is 3. The van der Waals surface area contributed by atoms with E-state index >= 15 is 0 Å². The molecule has 0 spiro atoms. The van der Waals surface area contributed by atoms with Crippen molar-refractivity contribution in [3.63, 3.8) is 0 Å². The molecule has 1 aromatic rings. The Morgan fingerprint density at radius 3 is 2.17 bits per heavy atom. The van der Waals surface area contributed by atoms with Crippen molar-refractivity contribution in [2.75, 3.05) is 19.7 Å². The maximum Gasteiger partial charge on any atom is 0.330 e. The molecule has 1 aromatic carbocycles. The van der Waals surface area contributed by atoms with Gasteiger partial charge in [0.05, 0.1) is 11.1 Å². The Labute approximate surface area is 171 Å². The number of likely N-dealkylation sites (tertiary alicyclic amines) is 1. The van der Waals surface area contributed by atoms with Crippen LogP contribution in [0.1, 0.15) is 60.7 Å². The molecule has 1 saturated heterocycles. The van der Waals surface area contributed by atoms with Gasteiger partial charge in [-0.25, -0.2) is 4.79 Å². The minimum Gasteiger partial charge on any atom is -0.454 e. The summed E-state index contributed by atoms with van der Waals surface area (Å²) in [6.45, 7) is 6.77. The summed E-state index contributed by atoms with van der Waals surface area (Å²) in [5.74, 6) is -1.66. The molecular formula is C22H28N2O5.